The van der Waals surface area contributed by atoms with Crippen molar-refractivity contribution < 1.29 is 0 Å². The third kappa shape index (κ3) is 3.20. The van der Waals surface area contributed by atoms with Gasteiger partial charge in [-0.05, 0) is 32.0 Å². The molecule has 1 heterocycles. The van der Waals surface area contributed by atoms with Crippen LogP contribution in [0.5, 0.6) is 0 Å². The van der Waals surface area contributed by atoms with Crippen LogP contribution in [-0.2, 0) is 6.54 Å². The predicted octanol–water partition coefficient (Wildman–Crippen LogP) is 2.04. The number of anilines is 1. The second-order valence-electron chi connectivity index (χ2n) is 3.61. The number of pyridine rings is 1. The first-order valence-corrected chi connectivity index (χ1v) is 5.65. The lowest BCUT2D eigenvalue weighted by Gasteiger charge is -2.24. The van der Waals surface area contributed by atoms with Gasteiger partial charge >= 0.3 is 0 Å². The largest absolute Gasteiger partial charge is 0.370 e. The van der Waals surface area contributed by atoms with E-state index in [0.717, 1.165) is 19.6 Å². The fourth-order valence-electron chi connectivity index (χ4n) is 1.76. The number of rotatable bonds is 6. The Labute approximate surface area is 92.5 Å². The van der Waals surface area contributed by atoms with Gasteiger partial charge in [0.1, 0.15) is 0 Å². The topological polar surface area (TPSA) is 28.2 Å². The first-order chi connectivity index (χ1) is 7.33. The highest BCUT2D eigenvalue weighted by atomic mass is 15.1. The van der Waals surface area contributed by atoms with Crippen LogP contribution in [0.1, 0.15) is 25.8 Å². The minimum absolute atomic E-state index is 0.901. The molecule has 0 bridgehead atoms. The van der Waals surface area contributed by atoms with Gasteiger partial charge < -0.3 is 10.2 Å². The lowest BCUT2D eigenvalue weighted by Crippen LogP contribution is -2.25. The molecule has 0 aliphatic rings. The molecule has 0 atom stereocenters. The van der Waals surface area contributed by atoms with Crippen LogP contribution in [0, 0.1) is 0 Å². The third-order valence-corrected chi connectivity index (χ3v) is 2.47. The van der Waals surface area contributed by atoms with Crippen LogP contribution in [0.4, 0.5) is 5.69 Å². The average Bonchev–Trinajstić information content (AvgIpc) is 2.27. The average molecular weight is 207 g/mol. The minimum atomic E-state index is 0.901. The summed E-state index contributed by atoms with van der Waals surface area (Å²) in [5.74, 6) is 0. The Morgan fingerprint density at radius 2 is 2.20 bits per heavy atom. The summed E-state index contributed by atoms with van der Waals surface area (Å²) >= 11 is 0. The van der Waals surface area contributed by atoms with E-state index >= 15 is 0 Å². The third-order valence-electron chi connectivity index (χ3n) is 2.47. The van der Waals surface area contributed by atoms with Crippen LogP contribution in [0.15, 0.2) is 18.5 Å². The van der Waals surface area contributed by atoms with Crippen LogP contribution in [0.25, 0.3) is 0 Å². The molecule has 1 N–H and O–H groups in total. The van der Waals surface area contributed by atoms with Gasteiger partial charge in [0.25, 0.3) is 0 Å². The summed E-state index contributed by atoms with van der Waals surface area (Å²) < 4.78 is 0. The maximum absolute atomic E-state index is 4.21. The van der Waals surface area contributed by atoms with E-state index < -0.39 is 0 Å². The molecule has 0 unspecified atom stereocenters. The number of nitrogens with zero attached hydrogens (tertiary/aromatic N) is 2. The zero-order valence-corrected chi connectivity index (χ0v) is 9.95. The van der Waals surface area contributed by atoms with E-state index in [1.807, 2.05) is 19.4 Å². The number of hydrogen-bond donors (Lipinski definition) is 1. The molecule has 0 aliphatic heterocycles. The van der Waals surface area contributed by atoms with Crippen molar-refractivity contribution in [3.63, 3.8) is 0 Å². The fraction of sp³-hybridized carbons (Fsp3) is 0.583. The van der Waals surface area contributed by atoms with Gasteiger partial charge in [-0.25, -0.2) is 0 Å². The van der Waals surface area contributed by atoms with Crippen molar-refractivity contribution in [2.75, 3.05) is 25.0 Å². The molecule has 0 spiro atoms. The summed E-state index contributed by atoms with van der Waals surface area (Å²) in [6.45, 7) is 7.43. The van der Waals surface area contributed by atoms with E-state index in [0.29, 0.717) is 0 Å². The van der Waals surface area contributed by atoms with Gasteiger partial charge in [-0.3, -0.25) is 4.98 Å². The molecule has 0 saturated carbocycles. The van der Waals surface area contributed by atoms with Gasteiger partial charge in [-0.2, -0.15) is 0 Å². The molecule has 0 aliphatic carbocycles. The second kappa shape index (κ2) is 6.40. The molecular weight excluding hydrogens is 186 g/mol. The zero-order chi connectivity index (χ0) is 11.1. The Balaban J connectivity index is 2.88. The normalized spacial score (nSPS) is 10.3. The van der Waals surface area contributed by atoms with Crippen LogP contribution in [0.2, 0.25) is 0 Å². The van der Waals surface area contributed by atoms with E-state index in [1.54, 1.807) is 0 Å². The zero-order valence-electron chi connectivity index (χ0n) is 9.95. The standard InChI is InChI=1S/C12H21N3/c1-4-8-15(5-2)12-10-14-7-6-11(12)9-13-3/h6-7,10,13H,4-5,8-9H2,1-3H3. The van der Waals surface area contributed by atoms with Crippen LogP contribution in [-0.4, -0.2) is 25.1 Å². The smallest absolute Gasteiger partial charge is 0.0598 e. The first kappa shape index (κ1) is 12.0. The Morgan fingerprint density at radius 1 is 1.40 bits per heavy atom. The Kier molecular flexibility index (Phi) is 5.12. The summed E-state index contributed by atoms with van der Waals surface area (Å²) in [4.78, 5) is 6.58. The Hall–Kier alpha value is -1.09. The molecule has 0 fully saturated rings. The van der Waals surface area contributed by atoms with Crippen molar-refractivity contribution in [3.05, 3.63) is 24.0 Å². The van der Waals surface area contributed by atoms with Gasteiger partial charge in [0.2, 0.25) is 0 Å². The molecule has 1 rings (SSSR count). The van der Waals surface area contributed by atoms with Crippen molar-refractivity contribution in [2.45, 2.75) is 26.8 Å². The molecule has 84 valence electrons. The van der Waals surface area contributed by atoms with E-state index in [9.17, 15) is 0 Å². The number of aromatic nitrogens is 1. The molecule has 0 amide bonds. The van der Waals surface area contributed by atoms with Gasteiger partial charge in [-0.1, -0.05) is 6.92 Å². The Morgan fingerprint density at radius 3 is 2.80 bits per heavy atom. The summed E-state index contributed by atoms with van der Waals surface area (Å²) in [6, 6.07) is 2.09. The highest BCUT2D eigenvalue weighted by Gasteiger charge is 2.07. The number of nitrogens with one attached hydrogen (secondary N) is 1. The molecule has 1 aromatic rings. The monoisotopic (exact) mass is 207 g/mol. The lowest BCUT2D eigenvalue weighted by atomic mass is 10.2. The van der Waals surface area contributed by atoms with E-state index in [-0.39, 0.29) is 0 Å². The van der Waals surface area contributed by atoms with Crippen LogP contribution < -0.4 is 10.2 Å². The highest BCUT2D eigenvalue weighted by molar-refractivity contribution is 5.51. The first-order valence-electron chi connectivity index (χ1n) is 5.65. The molecule has 3 heteroatoms. The van der Waals surface area contributed by atoms with Gasteiger partial charge in [-0.15, -0.1) is 0 Å². The predicted molar refractivity (Wildman–Crippen MR) is 65.2 cm³/mol. The lowest BCUT2D eigenvalue weighted by molar-refractivity contribution is 0.763. The maximum atomic E-state index is 4.21. The summed E-state index contributed by atoms with van der Waals surface area (Å²) in [7, 11) is 1.97. The van der Waals surface area contributed by atoms with Crippen LogP contribution >= 0.6 is 0 Å². The van der Waals surface area contributed by atoms with Gasteiger partial charge in [0, 0.05) is 25.8 Å². The van der Waals surface area contributed by atoms with Gasteiger partial charge in [0.05, 0.1) is 11.9 Å². The van der Waals surface area contributed by atoms with Crippen molar-refractivity contribution in [3.8, 4) is 0 Å². The molecule has 0 radical (unpaired) electrons. The van der Waals surface area contributed by atoms with E-state index in [4.69, 9.17) is 0 Å². The van der Waals surface area contributed by atoms with Crippen molar-refractivity contribution in [2.24, 2.45) is 0 Å². The molecule has 3 nitrogen and oxygen atoms in total. The fourth-order valence-corrected chi connectivity index (χ4v) is 1.76. The van der Waals surface area contributed by atoms with E-state index in [2.05, 4.69) is 35.1 Å². The molecule has 0 saturated heterocycles. The molecular formula is C12H21N3. The maximum Gasteiger partial charge on any atom is 0.0598 e. The number of hydrogen-bond acceptors (Lipinski definition) is 3. The molecule has 1 aromatic heterocycles. The van der Waals surface area contributed by atoms with Crippen molar-refractivity contribution >= 4 is 5.69 Å². The minimum Gasteiger partial charge on any atom is -0.370 e. The van der Waals surface area contributed by atoms with Gasteiger partial charge in [0.15, 0.2) is 0 Å². The summed E-state index contributed by atoms with van der Waals surface area (Å²) in [5.41, 5.74) is 2.58. The highest BCUT2D eigenvalue weighted by Crippen LogP contribution is 2.18. The summed E-state index contributed by atoms with van der Waals surface area (Å²) in [6.07, 6.45) is 4.99. The van der Waals surface area contributed by atoms with Crippen LogP contribution in [0.3, 0.4) is 0 Å². The summed E-state index contributed by atoms with van der Waals surface area (Å²) in [5, 5.41) is 3.19. The van der Waals surface area contributed by atoms with Crippen molar-refractivity contribution in [1.29, 1.82) is 0 Å². The Bertz CT molecular complexity index is 286. The van der Waals surface area contributed by atoms with E-state index in [1.165, 1.54) is 17.7 Å². The molecule has 0 aromatic carbocycles. The quantitative estimate of drug-likeness (QED) is 0.773. The SMILES string of the molecule is CCCN(CC)c1cnccc1CNC. The second-order valence-corrected chi connectivity index (χ2v) is 3.61. The van der Waals surface area contributed by atoms with Crippen molar-refractivity contribution in [1.82, 2.24) is 10.3 Å². The molecule has 15 heavy (non-hydrogen) atoms.